The molecule has 36 heteroatoms. The lowest BCUT2D eigenvalue weighted by Crippen LogP contribution is -2.34. The van der Waals surface area contributed by atoms with E-state index in [2.05, 4.69) is 51.9 Å². The molecular formula is C20H37N13O19P4. The van der Waals surface area contributed by atoms with Crippen molar-refractivity contribution in [2.75, 3.05) is 24.7 Å². The zero-order valence-corrected chi connectivity index (χ0v) is 32.4. The second kappa shape index (κ2) is 17.4. The highest BCUT2D eigenvalue weighted by Crippen LogP contribution is 2.67. The molecule has 6 rings (SSSR count). The van der Waals surface area contributed by atoms with Crippen molar-refractivity contribution >= 4 is 65.3 Å². The second-order valence-electron chi connectivity index (χ2n) is 10.9. The Kier molecular flexibility index (Phi) is 14.7. The Labute approximate surface area is 311 Å². The van der Waals surface area contributed by atoms with Crippen molar-refractivity contribution in [1.82, 2.24) is 57.5 Å². The Bertz CT molecular complexity index is 2050. The number of phosphoric acid groups is 4. The number of aromatic nitrogens is 8. The van der Waals surface area contributed by atoms with Gasteiger partial charge in [0, 0.05) is 0 Å². The van der Waals surface area contributed by atoms with Crippen LogP contribution in [-0.4, -0.2) is 114 Å². The fourth-order valence-electron chi connectivity index (χ4n) is 5.09. The van der Waals surface area contributed by atoms with Crippen LogP contribution in [0, 0.1) is 0 Å². The number of nitrogens with two attached hydrogens (primary N) is 2. The normalized spacial score (nSPS) is 29.3. The third-order valence-electron chi connectivity index (χ3n) is 7.40. The molecule has 2 fully saturated rings. The van der Waals surface area contributed by atoms with Gasteiger partial charge in [0.15, 0.2) is 35.4 Å². The number of ether oxygens (including phenoxy) is 2. The molecule has 2 aliphatic heterocycles. The maximum absolute atomic E-state index is 12.3. The average molecular weight is 887 g/mol. The molecule has 0 aliphatic carbocycles. The summed E-state index contributed by atoms with van der Waals surface area (Å²) >= 11 is 0. The molecule has 0 radical (unpaired) electrons. The van der Waals surface area contributed by atoms with Crippen molar-refractivity contribution < 1.29 is 89.7 Å². The van der Waals surface area contributed by atoms with Gasteiger partial charge >= 0.3 is 7.82 Å². The Hall–Kier alpha value is -3.10. The maximum atomic E-state index is 12.3. The minimum absolute atomic E-state index is 0. The first kappa shape index (κ1) is 47.3. The molecule has 0 spiro atoms. The lowest BCUT2D eigenvalue weighted by atomic mass is 10.1. The predicted molar refractivity (Wildman–Crippen MR) is 177 cm³/mol. The van der Waals surface area contributed by atoms with Crippen LogP contribution in [0.5, 0.6) is 0 Å². The summed E-state index contributed by atoms with van der Waals surface area (Å²) in [6.07, 6.45) is -8.99. The van der Waals surface area contributed by atoms with Crippen LogP contribution in [0.4, 0.5) is 11.6 Å². The molecule has 6 heterocycles. The van der Waals surface area contributed by atoms with Gasteiger partial charge in [0.05, 0.1) is 25.9 Å². The van der Waals surface area contributed by atoms with E-state index in [1.165, 1.54) is 0 Å². The van der Waals surface area contributed by atoms with Crippen LogP contribution in [0.2, 0.25) is 0 Å². The van der Waals surface area contributed by atoms with Gasteiger partial charge in [0.2, 0.25) is 0 Å². The molecule has 56 heavy (non-hydrogen) atoms. The minimum atomic E-state index is -6.57. The maximum Gasteiger partial charge on any atom is 0.478 e. The fourth-order valence-corrected chi connectivity index (χ4v) is 9.87. The highest BCUT2D eigenvalue weighted by Gasteiger charge is 2.47. The number of aliphatic hydroxyl groups excluding tert-OH is 4. The number of rotatable bonds is 14. The van der Waals surface area contributed by atoms with E-state index >= 15 is 0 Å². The number of quaternary nitrogens is 3. The third-order valence-corrected chi connectivity index (χ3v) is 13.2. The van der Waals surface area contributed by atoms with E-state index < -0.39 is 93.6 Å². The molecule has 4 aromatic heterocycles. The number of hydrogen-bond donors (Lipinski definition) is 10. The molecule has 316 valence electrons. The Morgan fingerprint density at radius 1 is 0.625 bits per heavy atom. The van der Waals surface area contributed by atoms with E-state index in [1.807, 2.05) is 0 Å². The highest BCUT2D eigenvalue weighted by atomic mass is 31.3. The second-order valence-corrected chi connectivity index (χ2v) is 17.0. The number of nitrogens with zero attached hydrogens (tertiary/aromatic N) is 8. The Morgan fingerprint density at radius 2 is 1.02 bits per heavy atom. The molecule has 0 amide bonds. The first-order valence-corrected chi connectivity index (χ1v) is 20.1. The van der Waals surface area contributed by atoms with Crippen LogP contribution in [0.3, 0.4) is 0 Å². The lowest BCUT2D eigenvalue weighted by Gasteiger charge is -2.34. The summed E-state index contributed by atoms with van der Waals surface area (Å²) in [6, 6.07) is 0. The van der Waals surface area contributed by atoms with Crippen LogP contribution in [-0.2, 0) is 49.7 Å². The van der Waals surface area contributed by atoms with Crippen LogP contribution in [0.25, 0.3) is 22.3 Å². The molecule has 4 unspecified atom stereocenters. The van der Waals surface area contributed by atoms with Crippen molar-refractivity contribution in [3.8, 4) is 0 Å². The van der Waals surface area contributed by atoms with Gasteiger partial charge in [-0.2, -0.15) is 0 Å². The predicted octanol–water partition coefficient (Wildman–Crippen LogP) is -3.21. The van der Waals surface area contributed by atoms with Gasteiger partial charge in [0.25, 0.3) is 23.5 Å². The summed E-state index contributed by atoms with van der Waals surface area (Å²) in [5.74, 6) is -0.0609. The molecule has 12 atom stereocenters. The van der Waals surface area contributed by atoms with E-state index in [1.54, 1.807) is 0 Å². The molecule has 0 saturated carbocycles. The molecule has 4 aromatic rings. The largest absolute Gasteiger partial charge is 0.756 e. The topological polar surface area (TPSA) is 552 Å². The van der Waals surface area contributed by atoms with E-state index in [-0.39, 0.29) is 52.4 Å². The minimum Gasteiger partial charge on any atom is -0.756 e. The van der Waals surface area contributed by atoms with Crippen LogP contribution >= 0.6 is 31.3 Å². The zero-order chi connectivity index (χ0) is 38.7. The third kappa shape index (κ3) is 9.94. The van der Waals surface area contributed by atoms with E-state index in [9.17, 15) is 58.3 Å². The number of fused-ring (bicyclic) bond motifs is 2. The summed E-state index contributed by atoms with van der Waals surface area (Å²) in [5.41, 5.74) is 11.7. The molecular weight excluding hydrogens is 850 g/mol. The van der Waals surface area contributed by atoms with E-state index in [4.69, 9.17) is 20.9 Å². The average Bonchev–Trinajstić information content (AvgIpc) is 3.80. The number of aliphatic hydroxyl groups is 4. The lowest BCUT2D eigenvalue weighted by molar-refractivity contribution is -0.249. The van der Waals surface area contributed by atoms with Crippen molar-refractivity contribution in [3.05, 3.63) is 25.3 Å². The van der Waals surface area contributed by atoms with Crippen LogP contribution < -0.4 is 44.6 Å². The zero-order valence-electron chi connectivity index (χ0n) is 28.8. The number of nitrogen functional groups attached to an aromatic ring is 2. The molecule has 21 N–H and O–H groups in total. The van der Waals surface area contributed by atoms with Gasteiger partial charge in [-0.25, -0.2) is 47.4 Å². The smallest absolute Gasteiger partial charge is 0.478 e. The Balaban J connectivity index is 0.00000280. The molecule has 32 nitrogen and oxygen atoms in total. The summed E-state index contributed by atoms with van der Waals surface area (Å²) < 4.78 is 81.8. The van der Waals surface area contributed by atoms with E-state index in [0.29, 0.717) is 0 Å². The van der Waals surface area contributed by atoms with Gasteiger partial charge in [0.1, 0.15) is 60.3 Å². The van der Waals surface area contributed by atoms with Crippen molar-refractivity contribution in [2.24, 2.45) is 0 Å². The quantitative estimate of drug-likeness (QED) is 0.0557. The Morgan fingerprint density at radius 3 is 1.46 bits per heavy atom. The number of anilines is 2. The standard InChI is InChI=1S/C20H28N10O19P4.3H3N/c21-15-9-17(25-3-23-15)29(5-27-9)19-13(33)11(31)7(45-19)1-43-50(35,36)47-52(39,40)49-53(41,42)48-51(37,38)44-2-8-12(32)14(34)20(46-8)30-6-28-10-16(22)24-4-26-18(10)30;;;/h3-8,11-14,19-20,31-34H,1-2H2,(H,35,36)(H,37,38)(H,39,40)(H,41,42)(H2,21,23,25)(H2,22,24,26);3*1H3/t7-,8+,11-,12+,13-,14+,19-,20+;;;. The molecule has 2 saturated heterocycles. The van der Waals surface area contributed by atoms with Crippen LogP contribution in [0.1, 0.15) is 12.5 Å². The number of imidazole rings is 2. The molecule has 0 bridgehead atoms. The van der Waals surface area contributed by atoms with Crippen LogP contribution in [0.15, 0.2) is 25.3 Å². The van der Waals surface area contributed by atoms with Crippen molar-refractivity contribution in [3.63, 3.8) is 0 Å². The van der Waals surface area contributed by atoms with Gasteiger partial charge in [-0.1, -0.05) is 0 Å². The highest BCUT2D eigenvalue weighted by molar-refractivity contribution is 7.68. The van der Waals surface area contributed by atoms with Gasteiger partial charge in [-0.3, -0.25) is 27.4 Å². The number of phosphoric ester groups is 2. The van der Waals surface area contributed by atoms with Gasteiger partial charge < -0.3 is 83.9 Å². The fraction of sp³-hybridized carbons (Fsp3) is 0.500. The summed E-state index contributed by atoms with van der Waals surface area (Å²) in [7, 11) is -25.1. The first-order valence-electron chi connectivity index (χ1n) is 14.3. The number of hydrogen-bond acceptors (Lipinski definition) is 26. The molecule has 2 aliphatic rings. The van der Waals surface area contributed by atoms with E-state index in [0.717, 1.165) is 34.4 Å². The van der Waals surface area contributed by atoms with Crippen molar-refractivity contribution in [1.29, 1.82) is 0 Å². The first-order chi connectivity index (χ1) is 24.7. The monoisotopic (exact) mass is 887 g/mol. The van der Waals surface area contributed by atoms with Gasteiger partial charge in [-0.05, 0) is 0 Å². The summed E-state index contributed by atoms with van der Waals surface area (Å²) in [4.78, 5) is 69.7. The van der Waals surface area contributed by atoms with Crippen molar-refractivity contribution in [2.45, 2.75) is 49.1 Å². The SMILES string of the molecule is Nc1ncnc2c1ncn2[C@@H]1O[C@H](COP(=O)([O-])OP(=O)([O-])OP(=O)([O-])OP(=O)(O)OC[C@@H]2O[C@H](n3cnc4c(N)ncnc43)[C@@H](O)[C@H]2O)[C@@H](O)[C@H]1O.[NH4+].[NH4+].[NH4+]. The molecule has 0 aromatic carbocycles. The summed E-state index contributed by atoms with van der Waals surface area (Å²) in [6.45, 7) is -2.38. The van der Waals surface area contributed by atoms with Gasteiger partial charge in [-0.15, -0.1) is 0 Å². The summed E-state index contributed by atoms with van der Waals surface area (Å²) in [5, 5.41) is 41.7.